The zero-order chi connectivity index (χ0) is 16.6. The van der Waals surface area contributed by atoms with E-state index < -0.39 is 0 Å². The van der Waals surface area contributed by atoms with E-state index in [4.69, 9.17) is 4.74 Å². The Morgan fingerprint density at radius 1 is 1.32 bits per heavy atom. The summed E-state index contributed by atoms with van der Waals surface area (Å²) in [5, 5.41) is 3.67. The highest BCUT2D eigenvalue weighted by atomic mass is 127. The minimum absolute atomic E-state index is 0. The van der Waals surface area contributed by atoms with Crippen LogP contribution in [-0.4, -0.2) is 44.1 Å². The van der Waals surface area contributed by atoms with Crippen molar-refractivity contribution in [3.05, 3.63) is 35.4 Å². The van der Waals surface area contributed by atoms with Crippen molar-refractivity contribution in [2.75, 3.05) is 33.3 Å². The quantitative estimate of drug-likeness (QED) is 0.427. The lowest BCUT2D eigenvalue weighted by molar-refractivity contribution is -0.00840. The Hall–Kier alpha value is -0.820. The first-order valence-electron chi connectivity index (χ1n) is 9.34. The van der Waals surface area contributed by atoms with Crippen LogP contribution in [0.4, 0.5) is 0 Å². The van der Waals surface area contributed by atoms with E-state index in [9.17, 15) is 0 Å². The highest BCUT2D eigenvalue weighted by molar-refractivity contribution is 14.0. The van der Waals surface area contributed by atoms with Gasteiger partial charge in [0, 0.05) is 20.1 Å². The van der Waals surface area contributed by atoms with Crippen molar-refractivity contribution in [1.82, 2.24) is 10.2 Å². The van der Waals surface area contributed by atoms with Crippen LogP contribution in [0, 0.1) is 18.3 Å². The van der Waals surface area contributed by atoms with E-state index in [1.807, 2.05) is 7.05 Å². The molecule has 138 valence electrons. The van der Waals surface area contributed by atoms with E-state index in [0.29, 0.717) is 5.41 Å². The van der Waals surface area contributed by atoms with Crippen LogP contribution >= 0.6 is 24.0 Å². The van der Waals surface area contributed by atoms with E-state index in [1.165, 1.54) is 36.8 Å². The molecular formula is C20H30IN3O. The maximum absolute atomic E-state index is 6.05. The molecule has 1 aliphatic heterocycles. The molecule has 1 N–H and O–H groups in total. The third-order valence-corrected chi connectivity index (χ3v) is 6.05. The molecule has 0 amide bonds. The number of aliphatic imine (C=N–C) groups is 1. The molecular weight excluding hydrogens is 425 g/mol. The number of aryl methyl sites for hydroxylation is 1. The topological polar surface area (TPSA) is 36.9 Å². The molecule has 25 heavy (non-hydrogen) atoms. The van der Waals surface area contributed by atoms with Crippen LogP contribution in [-0.2, 0) is 4.74 Å². The smallest absolute Gasteiger partial charge is 0.193 e. The molecule has 2 saturated carbocycles. The summed E-state index contributed by atoms with van der Waals surface area (Å²) in [6, 6.07) is 8.54. The highest BCUT2D eigenvalue weighted by Gasteiger charge is 2.53. The Morgan fingerprint density at radius 2 is 2.08 bits per heavy atom. The van der Waals surface area contributed by atoms with Crippen molar-refractivity contribution in [2.45, 2.75) is 38.7 Å². The third kappa shape index (κ3) is 4.13. The largest absolute Gasteiger partial charge is 0.370 e. The highest BCUT2D eigenvalue weighted by Crippen LogP contribution is 2.60. The second kappa shape index (κ2) is 7.82. The fourth-order valence-electron chi connectivity index (χ4n) is 4.15. The number of benzene rings is 1. The molecule has 5 heteroatoms. The molecule has 3 fully saturated rings. The SMILES string of the molecule is CN=C(NCC1(C2CC2)CC1)N1CCOC(c2ccccc2C)C1.I. The van der Waals surface area contributed by atoms with Crippen molar-refractivity contribution < 1.29 is 4.74 Å². The van der Waals surface area contributed by atoms with Gasteiger partial charge in [0.2, 0.25) is 0 Å². The minimum atomic E-state index is 0. The predicted molar refractivity (Wildman–Crippen MR) is 113 cm³/mol. The van der Waals surface area contributed by atoms with Gasteiger partial charge in [-0.25, -0.2) is 0 Å². The number of nitrogens with zero attached hydrogens (tertiary/aromatic N) is 2. The first-order valence-corrected chi connectivity index (χ1v) is 9.34. The van der Waals surface area contributed by atoms with E-state index >= 15 is 0 Å². The van der Waals surface area contributed by atoms with Gasteiger partial charge in [-0.05, 0) is 55.1 Å². The summed E-state index contributed by atoms with van der Waals surface area (Å²) in [5.74, 6) is 2.02. The minimum Gasteiger partial charge on any atom is -0.370 e. The number of rotatable bonds is 4. The Morgan fingerprint density at radius 3 is 2.72 bits per heavy atom. The maximum atomic E-state index is 6.05. The standard InChI is InChI=1S/C20H29N3O.HI/c1-15-5-3-4-6-17(15)18-13-23(11-12-24-18)19(21-2)22-14-20(9-10-20)16-7-8-16;/h3-6,16,18H,7-14H2,1-2H3,(H,21,22);1H. The second-order valence-corrected chi connectivity index (χ2v) is 7.70. The Balaban J connectivity index is 0.00000182. The van der Waals surface area contributed by atoms with Gasteiger partial charge in [0.05, 0.1) is 13.2 Å². The lowest BCUT2D eigenvalue weighted by atomic mass is 10.0. The molecule has 3 aliphatic rings. The summed E-state index contributed by atoms with van der Waals surface area (Å²) in [5.41, 5.74) is 3.20. The molecule has 1 unspecified atom stereocenters. The lowest BCUT2D eigenvalue weighted by Gasteiger charge is -2.36. The predicted octanol–water partition coefficient (Wildman–Crippen LogP) is 3.75. The maximum Gasteiger partial charge on any atom is 0.193 e. The lowest BCUT2D eigenvalue weighted by Crippen LogP contribution is -2.49. The molecule has 1 saturated heterocycles. The summed E-state index contributed by atoms with van der Waals surface area (Å²) in [7, 11) is 1.90. The van der Waals surface area contributed by atoms with Crippen LogP contribution in [0.2, 0.25) is 0 Å². The Kier molecular flexibility index (Phi) is 5.93. The van der Waals surface area contributed by atoms with Gasteiger partial charge in [-0.2, -0.15) is 0 Å². The zero-order valence-electron chi connectivity index (χ0n) is 15.3. The third-order valence-electron chi connectivity index (χ3n) is 6.05. The van der Waals surface area contributed by atoms with Gasteiger partial charge < -0.3 is 15.0 Å². The Labute approximate surface area is 168 Å². The number of nitrogens with one attached hydrogen (secondary N) is 1. The van der Waals surface area contributed by atoms with Gasteiger partial charge in [0.25, 0.3) is 0 Å². The fraction of sp³-hybridized carbons (Fsp3) is 0.650. The summed E-state index contributed by atoms with van der Waals surface area (Å²) in [4.78, 5) is 6.91. The van der Waals surface area contributed by atoms with Crippen LogP contribution in [0.3, 0.4) is 0 Å². The van der Waals surface area contributed by atoms with Crippen molar-refractivity contribution in [3.8, 4) is 0 Å². The molecule has 4 rings (SSSR count). The number of hydrogen-bond donors (Lipinski definition) is 1. The molecule has 1 aromatic carbocycles. The molecule has 0 spiro atoms. The number of guanidine groups is 1. The van der Waals surface area contributed by atoms with Gasteiger partial charge in [0.15, 0.2) is 5.96 Å². The summed E-state index contributed by atoms with van der Waals surface area (Å²) >= 11 is 0. The monoisotopic (exact) mass is 455 g/mol. The van der Waals surface area contributed by atoms with Gasteiger partial charge in [0.1, 0.15) is 6.10 Å². The molecule has 2 aliphatic carbocycles. The van der Waals surface area contributed by atoms with Crippen LogP contribution < -0.4 is 5.32 Å². The van der Waals surface area contributed by atoms with Crippen molar-refractivity contribution in [3.63, 3.8) is 0 Å². The van der Waals surface area contributed by atoms with E-state index in [-0.39, 0.29) is 30.1 Å². The molecule has 0 aromatic heterocycles. The van der Waals surface area contributed by atoms with Gasteiger partial charge in [-0.3, -0.25) is 4.99 Å². The molecule has 1 heterocycles. The van der Waals surface area contributed by atoms with Crippen LogP contribution in [0.15, 0.2) is 29.3 Å². The van der Waals surface area contributed by atoms with Gasteiger partial charge in [-0.15, -0.1) is 24.0 Å². The molecule has 1 atom stereocenters. The van der Waals surface area contributed by atoms with E-state index in [1.54, 1.807) is 0 Å². The van der Waals surface area contributed by atoms with E-state index in [2.05, 4.69) is 46.4 Å². The second-order valence-electron chi connectivity index (χ2n) is 7.70. The van der Waals surface area contributed by atoms with Crippen LogP contribution in [0.1, 0.15) is 42.9 Å². The fourth-order valence-corrected chi connectivity index (χ4v) is 4.15. The number of hydrogen-bond acceptors (Lipinski definition) is 2. The zero-order valence-corrected chi connectivity index (χ0v) is 17.7. The molecule has 0 radical (unpaired) electrons. The van der Waals surface area contributed by atoms with Crippen molar-refractivity contribution in [2.24, 2.45) is 16.3 Å². The summed E-state index contributed by atoms with van der Waals surface area (Å²) in [6.07, 6.45) is 5.81. The number of ether oxygens (including phenoxy) is 1. The van der Waals surface area contributed by atoms with Crippen LogP contribution in [0.25, 0.3) is 0 Å². The first kappa shape index (κ1) is 19.0. The van der Waals surface area contributed by atoms with Crippen molar-refractivity contribution >= 4 is 29.9 Å². The van der Waals surface area contributed by atoms with Crippen LogP contribution in [0.5, 0.6) is 0 Å². The normalized spacial score (nSPS) is 25.3. The van der Waals surface area contributed by atoms with Gasteiger partial charge in [-0.1, -0.05) is 24.3 Å². The summed E-state index contributed by atoms with van der Waals surface area (Å²) in [6.45, 7) is 5.81. The summed E-state index contributed by atoms with van der Waals surface area (Å²) < 4.78 is 6.05. The number of morpholine rings is 1. The molecule has 4 nitrogen and oxygen atoms in total. The molecule has 0 bridgehead atoms. The van der Waals surface area contributed by atoms with E-state index in [0.717, 1.165) is 38.1 Å². The Bertz CT molecular complexity index is 625. The van der Waals surface area contributed by atoms with Gasteiger partial charge >= 0.3 is 0 Å². The average molecular weight is 455 g/mol. The number of halogens is 1. The van der Waals surface area contributed by atoms with Crippen molar-refractivity contribution in [1.29, 1.82) is 0 Å². The molecule has 1 aromatic rings. The average Bonchev–Trinajstić information content (AvgIpc) is 3.49. The first-order chi connectivity index (χ1) is 11.7.